The number of hydrogen-bond acceptors (Lipinski definition) is 7. The molecular formula is C20H18Cl2N6O2. The van der Waals surface area contributed by atoms with Crippen LogP contribution in [0.1, 0.15) is 10.4 Å². The van der Waals surface area contributed by atoms with Crippen LogP contribution in [0.2, 0.25) is 10.0 Å². The Labute approximate surface area is 183 Å². The Morgan fingerprint density at radius 3 is 2.77 bits per heavy atom. The number of benzene rings is 2. The van der Waals surface area contributed by atoms with Crippen molar-refractivity contribution in [2.45, 2.75) is 6.10 Å². The number of carbonyl (C=O) groups is 1. The molecule has 0 spiro atoms. The quantitative estimate of drug-likeness (QED) is 0.600. The van der Waals surface area contributed by atoms with Crippen LogP contribution >= 0.6 is 23.2 Å². The van der Waals surface area contributed by atoms with Gasteiger partial charge in [-0.2, -0.15) is 4.98 Å². The van der Waals surface area contributed by atoms with Crippen molar-refractivity contribution in [3.8, 4) is 5.75 Å². The molecular weight excluding hydrogens is 427 g/mol. The van der Waals surface area contributed by atoms with Crippen LogP contribution in [-0.4, -0.2) is 47.1 Å². The first-order chi connectivity index (χ1) is 14.5. The molecule has 0 radical (unpaired) electrons. The molecule has 8 nitrogen and oxygen atoms in total. The summed E-state index contributed by atoms with van der Waals surface area (Å²) in [5, 5.41) is 6.56. The lowest BCUT2D eigenvalue weighted by molar-refractivity contribution is 0.0963. The predicted molar refractivity (Wildman–Crippen MR) is 116 cm³/mol. The number of aromatic nitrogens is 3. The molecule has 1 saturated heterocycles. The molecule has 1 aliphatic rings. The van der Waals surface area contributed by atoms with Crippen LogP contribution in [0.3, 0.4) is 0 Å². The molecule has 154 valence electrons. The molecule has 0 saturated carbocycles. The first-order valence-corrected chi connectivity index (χ1v) is 9.93. The summed E-state index contributed by atoms with van der Waals surface area (Å²) in [4.78, 5) is 26.6. The van der Waals surface area contributed by atoms with E-state index in [-0.39, 0.29) is 12.0 Å². The molecule has 0 bridgehead atoms. The molecule has 3 aromatic rings. The average molecular weight is 445 g/mol. The van der Waals surface area contributed by atoms with E-state index in [1.807, 2.05) is 11.0 Å². The summed E-state index contributed by atoms with van der Waals surface area (Å²) in [6, 6.07) is 12.4. The third-order valence-corrected chi connectivity index (χ3v) is 5.31. The number of carbonyl (C=O) groups excluding carboxylic acids is 1. The molecule has 0 unspecified atom stereocenters. The Morgan fingerprint density at radius 1 is 1.17 bits per heavy atom. The number of nitrogens with one attached hydrogen (secondary N) is 2. The summed E-state index contributed by atoms with van der Waals surface area (Å²) in [7, 11) is 1.59. The van der Waals surface area contributed by atoms with E-state index in [2.05, 4.69) is 25.6 Å². The molecule has 30 heavy (non-hydrogen) atoms. The predicted octanol–water partition coefficient (Wildman–Crippen LogP) is 3.55. The molecule has 2 aromatic carbocycles. The second-order valence-corrected chi connectivity index (χ2v) is 7.38. The van der Waals surface area contributed by atoms with Crippen molar-refractivity contribution in [2.24, 2.45) is 0 Å². The molecule has 10 heteroatoms. The Morgan fingerprint density at radius 2 is 1.97 bits per heavy atom. The van der Waals surface area contributed by atoms with Crippen LogP contribution < -0.4 is 20.3 Å². The fourth-order valence-electron chi connectivity index (χ4n) is 2.94. The van der Waals surface area contributed by atoms with Crippen LogP contribution in [0, 0.1) is 0 Å². The summed E-state index contributed by atoms with van der Waals surface area (Å²) in [5.74, 6) is 1.31. The van der Waals surface area contributed by atoms with Crippen LogP contribution in [0.4, 0.5) is 17.6 Å². The van der Waals surface area contributed by atoms with E-state index < -0.39 is 0 Å². The third kappa shape index (κ3) is 4.39. The largest absolute Gasteiger partial charge is 0.485 e. The van der Waals surface area contributed by atoms with E-state index in [4.69, 9.17) is 27.9 Å². The zero-order valence-corrected chi connectivity index (χ0v) is 17.5. The number of nitrogens with zero attached hydrogens (tertiary/aromatic N) is 4. The van der Waals surface area contributed by atoms with Crippen molar-refractivity contribution in [3.63, 3.8) is 0 Å². The number of rotatable bonds is 6. The van der Waals surface area contributed by atoms with E-state index in [1.165, 1.54) is 6.33 Å². The van der Waals surface area contributed by atoms with Crippen LogP contribution in [0.5, 0.6) is 5.75 Å². The van der Waals surface area contributed by atoms with Crippen LogP contribution in [0.25, 0.3) is 0 Å². The molecule has 0 aliphatic carbocycles. The smallest absolute Gasteiger partial charge is 0.251 e. The summed E-state index contributed by atoms with van der Waals surface area (Å²) < 4.78 is 5.90. The lowest BCUT2D eigenvalue weighted by Crippen LogP contribution is -2.54. The molecule has 1 aromatic heterocycles. The normalized spacial score (nSPS) is 13.5. The molecule has 1 aliphatic heterocycles. The Hall–Kier alpha value is -3.10. The Kier molecular flexibility index (Phi) is 5.87. The first kappa shape index (κ1) is 20.2. The highest BCUT2D eigenvalue weighted by Gasteiger charge is 2.31. The highest BCUT2D eigenvalue weighted by Crippen LogP contribution is 2.33. The molecule has 2 N–H and O–H groups in total. The molecule has 1 fully saturated rings. The van der Waals surface area contributed by atoms with Gasteiger partial charge < -0.3 is 20.3 Å². The maximum absolute atomic E-state index is 11.8. The highest BCUT2D eigenvalue weighted by molar-refractivity contribution is 6.42. The molecule has 4 rings (SSSR count). The zero-order chi connectivity index (χ0) is 21.1. The van der Waals surface area contributed by atoms with Gasteiger partial charge in [-0.3, -0.25) is 4.79 Å². The lowest BCUT2D eigenvalue weighted by Gasteiger charge is -2.39. The zero-order valence-electron chi connectivity index (χ0n) is 16.0. The van der Waals surface area contributed by atoms with Gasteiger partial charge in [0.2, 0.25) is 11.9 Å². The van der Waals surface area contributed by atoms with Gasteiger partial charge in [-0.1, -0.05) is 35.3 Å². The maximum Gasteiger partial charge on any atom is 0.251 e. The second kappa shape index (κ2) is 8.73. The van der Waals surface area contributed by atoms with Crippen LogP contribution in [0.15, 0.2) is 48.8 Å². The van der Waals surface area contributed by atoms with Crippen molar-refractivity contribution in [3.05, 3.63) is 64.4 Å². The van der Waals surface area contributed by atoms with Gasteiger partial charge in [0.15, 0.2) is 0 Å². The van der Waals surface area contributed by atoms with Gasteiger partial charge in [0.1, 0.15) is 23.2 Å². The molecule has 0 atom stereocenters. The Balaban J connectivity index is 1.39. The van der Waals surface area contributed by atoms with Crippen molar-refractivity contribution < 1.29 is 9.53 Å². The van der Waals surface area contributed by atoms with E-state index in [1.54, 1.807) is 43.4 Å². The summed E-state index contributed by atoms with van der Waals surface area (Å²) in [6.45, 7) is 1.22. The van der Waals surface area contributed by atoms with Gasteiger partial charge in [-0.25, -0.2) is 9.97 Å². The van der Waals surface area contributed by atoms with Crippen molar-refractivity contribution >= 4 is 46.7 Å². The number of halogens is 2. The Bertz CT molecular complexity index is 1070. The van der Waals surface area contributed by atoms with Gasteiger partial charge >= 0.3 is 0 Å². The minimum Gasteiger partial charge on any atom is -0.485 e. The standard InChI is InChI=1S/C20H18Cl2N6O2/c1-23-18(29)12-4-2-5-13(8-12)26-19-24-11-25-20(27-19)28-9-14(10-28)30-16-7-3-6-15(21)17(16)22/h2-8,11,14H,9-10H2,1H3,(H,23,29)(H,24,25,26,27). The third-order valence-electron chi connectivity index (χ3n) is 4.51. The number of anilines is 3. The summed E-state index contributed by atoms with van der Waals surface area (Å²) in [5.41, 5.74) is 1.24. The highest BCUT2D eigenvalue weighted by atomic mass is 35.5. The monoisotopic (exact) mass is 444 g/mol. The summed E-state index contributed by atoms with van der Waals surface area (Å²) in [6.07, 6.45) is 1.40. The van der Waals surface area contributed by atoms with Crippen molar-refractivity contribution in [1.29, 1.82) is 0 Å². The summed E-state index contributed by atoms with van der Waals surface area (Å²) >= 11 is 12.2. The SMILES string of the molecule is CNC(=O)c1cccc(Nc2ncnc(N3CC(Oc4cccc(Cl)c4Cl)C3)n2)c1. The fraction of sp³-hybridized carbons (Fsp3) is 0.200. The van der Waals surface area contributed by atoms with Gasteiger partial charge in [-0.15, -0.1) is 0 Å². The minimum atomic E-state index is -0.165. The first-order valence-electron chi connectivity index (χ1n) is 9.17. The van der Waals surface area contributed by atoms with Gasteiger partial charge in [0.25, 0.3) is 5.91 Å². The van der Waals surface area contributed by atoms with E-state index in [9.17, 15) is 4.79 Å². The van der Waals surface area contributed by atoms with Gasteiger partial charge in [0, 0.05) is 18.3 Å². The van der Waals surface area contributed by atoms with Crippen molar-refractivity contribution in [2.75, 3.05) is 30.4 Å². The van der Waals surface area contributed by atoms with E-state index >= 15 is 0 Å². The molecule has 1 amide bonds. The van der Waals surface area contributed by atoms with Gasteiger partial charge in [-0.05, 0) is 30.3 Å². The van der Waals surface area contributed by atoms with Gasteiger partial charge in [0.05, 0.1) is 18.1 Å². The number of ether oxygens (including phenoxy) is 1. The second-order valence-electron chi connectivity index (χ2n) is 6.59. The van der Waals surface area contributed by atoms with E-state index in [0.717, 1.165) is 0 Å². The lowest BCUT2D eigenvalue weighted by atomic mass is 10.2. The molecule has 2 heterocycles. The van der Waals surface area contributed by atoms with Crippen LogP contribution in [-0.2, 0) is 0 Å². The topological polar surface area (TPSA) is 92.3 Å². The number of hydrogen-bond donors (Lipinski definition) is 2. The van der Waals surface area contributed by atoms with E-state index in [0.29, 0.717) is 52.0 Å². The minimum absolute atomic E-state index is 0.0432. The average Bonchev–Trinajstić information content (AvgIpc) is 2.73. The number of amides is 1. The fourth-order valence-corrected chi connectivity index (χ4v) is 3.28. The van der Waals surface area contributed by atoms with Crippen molar-refractivity contribution in [1.82, 2.24) is 20.3 Å². The maximum atomic E-state index is 11.8.